The van der Waals surface area contributed by atoms with Gasteiger partial charge in [0.1, 0.15) is 18.8 Å². The second-order valence-electron chi connectivity index (χ2n) is 11.3. The number of fused-ring (bicyclic) bond motifs is 3. The number of ether oxygens (including phenoxy) is 4. The number of rotatable bonds is 7. The van der Waals surface area contributed by atoms with Gasteiger partial charge in [0.05, 0.1) is 50.2 Å². The lowest BCUT2D eigenvalue weighted by Gasteiger charge is -2.51. The van der Waals surface area contributed by atoms with E-state index in [9.17, 15) is 34.1 Å². The van der Waals surface area contributed by atoms with Gasteiger partial charge in [0.15, 0.2) is 0 Å². The number of methoxy groups -OCH3 is 4. The molecule has 0 atom stereocenters. The van der Waals surface area contributed by atoms with E-state index in [-0.39, 0.29) is 26.0 Å². The van der Waals surface area contributed by atoms with Gasteiger partial charge in [-0.15, -0.1) is 0 Å². The van der Waals surface area contributed by atoms with Gasteiger partial charge in [0, 0.05) is 34.3 Å². The van der Waals surface area contributed by atoms with Crippen LogP contribution in [-0.2, 0) is 42.9 Å². The molecule has 2 aromatic rings. The van der Waals surface area contributed by atoms with Crippen molar-refractivity contribution in [2.45, 2.75) is 30.4 Å². The maximum atomic E-state index is 14.3. The van der Waals surface area contributed by atoms with Gasteiger partial charge in [0.2, 0.25) is 0 Å². The van der Waals surface area contributed by atoms with E-state index in [1.165, 1.54) is 36.4 Å². The maximum absolute atomic E-state index is 14.3. The molecular weight excluding hydrogens is 709 g/mol. The second kappa shape index (κ2) is 13.8. The van der Waals surface area contributed by atoms with Crippen molar-refractivity contribution in [2.75, 3.05) is 33.3 Å². The molecule has 260 valence electrons. The SMILES string of the molecule is COC(=O)C1=C(C(=O)OC)SC2(S1)C(C(=O)OC)=C(C(=O)OC)SC1=C2c2cccc(C)c2N(C(=O)C=Cc2ccc([N+](=O)[O-])cc2)C1(C)C. The van der Waals surface area contributed by atoms with Crippen LogP contribution in [0.25, 0.3) is 11.6 Å². The first-order valence-electron chi connectivity index (χ1n) is 14.7. The van der Waals surface area contributed by atoms with Crippen LogP contribution in [0.2, 0.25) is 0 Å². The van der Waals surface area contributed by atoms with E-state index in [4.69, 9.17) is 18.9 Å². The summed E-state index contributed by atoms with van der Waals surface area (Å²) in [5.41, 5.74) is 1.15. The van der Waals surface area contributed by atoms with Gasteiger partial charge in [-0.2, -0.15) is 0 Å². The molecule has 16 heteroatoms. The van der Waals surface area contributed by atoms with E-state index in [2.05, 4.69) is 0 Å². The minimum Gasteiger partial charge on any atom is -0.466 e. The Morgan fingerprint density at radius 1 is 0.800 bits per heavy atom. The fraction of sp³-hybridized carbons (Fsp3) is 0.265. The van der Waals surface area contributed by atoms with Crippen LogP contribution in [0.4, 0.5) is 11.4 Å². The Morgan fingerprint density at radius 2 is 1.34 bits per heavy atom. The quantitative estimate of drug-likeness (QED) is 0.114. The molecular formula is C34H30N2O11S3. The van der Waals surface area contributed by atoms with Gasteiger partial charge in [-0.1, -0.05) is 53.5 Å². The standard InChI is InChI=1S/C34H30N2O11S3/c1-17-9-8-10-20-22-28(33(2,3)35(24(17)20)21(37)16-13-18-11-14-19(15-12-18)36(42)43)48-25(30(39)45-5)23(29(38)44-4)34(22)49-26(31(40)46-6)27(50-34)32(41)47-7/h8-16H,1-7H3. The van der Waals surface area contributed by atoms with Crippen molar-refractivity contribution in [1.82, 2.24) is 0 Å². The van der Waals surface area contributed by atoms with E-state index in [1.54, 1.807) is 30.9 Å². The Kier molecular flexibility index (Phi) is 10.1. The molecule has 0 aliphatic carbocycles. The van der Waals surface area contributed by atoms with E-state index in [1.807, 2.05) is 13.0 Å². The summed E-state index contributed by atoms with van der Waals surface area (Å²) < 4.78 is 18.7. The highest BCUT2D eigenvalue weighted by molar-refractivity contribution is 8.26. The predicted octanol–water partition coefficient (Wildman–Crippen LogP) is 5.53. The molecule has 3 aliphatic heterocycles. The van der Waals surface area contributed by atoms with Crippen LogP contribution in [0.5, 0.6) is 0 Å². The van der Waals surface area contributed by atoms with E-state index >= 15 is 0 Å². The Balaban J connectivity index is 1.79. The number of carbonyl (C=O) groups is 5. The first-order valence-corrected chi connectivity index (χ1v) is 17.1. The lowest BCUT2D eigenvalue weighted by molar-refractivity contribution is -0.384. The molecule has 0 saturated carbocycles. The average molecular weight is 739 g/mol. The number of aryl methyl sites for hydroxylation is 1. The number of thioether (sulfide) groups is 3. The summed E-state index contributed by atoms with van der Waals surface area (Å²) in [6.07, 6.45) is 2.88. The molecule has 5 rings (SSSR count). The number of hydrogen-bond donors (Lipinski definition) is 0. The Labute approximate surface area is 299 Å². The van der Waals surface area contributed by atoms with Crippen LogP contribution in [-0.4, -0.2) is 72.8 Å². The maximum Gasteiger partial charge on any atom is 0.345 e. The zero-order valence-corrected chi connectivity index (χ0v) is 30.3. The molecule has 0 radical (unpaired) electrons. The fourth-order valence-corrected chi connectivity index (χ4v) is 10.9. The molecule has 50 heavy (non-hydrogen) atoms. The van der Waals surface area contributed by atoms with Crippen LogP contribution in [0.3, 0.4) is 0 Å². The summed E-state index contributed by atoms with van der Waals surface area (Å²) >= 11 is 2.62. The van der Waals surface area contributed by atoms with E-state index < -0.39 is 44.3 Å². The van der Waals surface area contributed by atoms with Gasteiger partial charge in [-0.25, -0.2) is 19.2 Å². The summed E-state index contributed by atoms with van der Waals surface area (Å²) in [5, 5.41) is 11.1. The van der Waals surface area contributed by atoms with Crippen molar-refractivity contribution >= 4 is 88.1 Å². The molecule has 3 aliphatic rings. The Bertz CT molecular complexity index is 1970. The number of amides is 1. The smallest absolute Gasteiger partial charge is 0.345 e. The minimum absolute atomic E-state index is 0.0958. The average Bonchev–Trinajstić information content (AvgIpc) is 3.49. The van der Waals surface area contributed by atoms with Crippen LogP contribution in [0.15, 0.2) is 73.7 Å². The van der Waals surface area contributed by atoms with Gasteiger partial charge in [-0.3, -0.25) is 19.8 Å². The zero-order chi connectivity index (χ0) is 36.7. The molecule has 0 bridgehead atoms. The topological polar surface area (TPSA) is 169 Å². The summed E-state index contributed by atoms with van der Waals surface area (Å²) in [6, 6.07) is 11.0. The number of benzene rings is 2. The number of nitrogens with zero attached hydrogens (tertiary/aromatic N) is 2. The van der Waals surface area contributed by atoms with Crippen LogP contribution < -0.4 is 4.90 Å². The van der Waals surface area contributed by atoms with Gasteiger partial charge in [-0.05, 0) is 50.1 Å². The fourth-order valence-electron chi connectivity index (χ4n) is 5.86. The third-order valence-electron chi connectivity index (χ3n) is 8.10. The number of anilines is 1. The van der Waals surface area contributed by atoms with Gasteiger partial charge in [0.25, 0.3) is 11.6 Å². The van der Waals surface area contributed by atoms with Crippen molar-refractivity contribution in [2.24, 2.45) is 0 Å². The zero-order valence-electron chi connectivity index (χ0n) is 27.8. The third kappa shape index (κ3) is 5.90. The van der Waals surface area contributed by atoms with Crippen molar-refractivity contribution in [3.05, 3.63) is 101 Å². The molecule has 0 unspecified atom stereocenters. The molecule has 1 amide bonds. The van der Waals surface area contributed by atoms with Crippen LogP contribution in [0.1, 0.15) is 30.5 Å². The summed E-state index contributed by atoms with van der Waals surface area (Å²) in [5.74, 6) is -3.97. The molecule has 0 fully saturated rings. The highest BCUT2D eigenvalue weighted by atomic mass is 32.2. The van der Waals surface area contributed by atoms with Gasteiger partial charge >= 0.3 is 23.9 Å². The third-order valence-corrected chi connectivity index (χ3v) is 12.8. The molecule has 13 nitrogen and oxygen atoms in total. The van der Waals surface area contributed by atoms with Crippen molar-refractivity contribution in [3.63, 3.8) is 0 Å². The molecule has 1 spiro atoms. The molecule has 0 saturated heterocycles. The second-order valence-corrected chi connectivity index (χ2v) is 15.1. The highest BCUT2D eigenvalue weighted by Gasteiger charge is 2.61. The summed E-state index contributed by atoms with van der Waals surface area (Å²) in [7, 11) is 4.59. The molecule has 0 N–H and O–H groups in total. The lowest BCUT2D eigenvalue weighted by Crippen LogP contribution is -2.53. The predicted molar refractivity (Wildman–Crippen MR) is 189 cm³/mol. The molecule has 0 aromatic heterocycles. The summed E-state index contributed by atoms with van der Waals surface area (Å²) in [4.78, 5) is 80.2. The first-order chi connectivity index (χ1) is 23.7. The van der Waals surface area contributed by atoms with Crippen molar-refractivity contribution < 1.29 is 47.8 Å². The normalized spacial score (nSPS) is 17.4. The first kappa shape index (κ1) is 36.5. The van der Waals surface area contributed by atoms with Crippen molar-refractivity contribution in [3.8, 4) is 0 Å². The summed E-state index contributed by atoms with van der Waals surface area (Å²) in [6.45, 7) is 5.36. The van der Waals surface area contributed by atoms with E-state index in [0.29, 0.717) is 32.9 Å². The number of non-ortho nitro benzene ring substituents is 1. The largest absolute Gasteiger partial charge is 0.466 e. The van der Waals surface area contributed by atoms with E-state index in [0.717, 1.165) is 63.7 Å². The van der Waals surface area contributed by atoms with Gasteiger partial charge < -0.3 is 18.9 Å². The monoisotopic (exact) mass is 738 g/mol. The molecule has 2 aromatic carbocycles. The highest BCUT2D eigenvalue weighted by Crippen LogP contribution is 2.71. The van der Waals surface area contributed by atoms with Crippen LogP contribution >= 0.6 is 35.3 Å². The number of hydrogen-bond acceptors (Lipinski definition) is 14. The lowest BCUT2D eigenvalue weighted by atomic mass is 9.82. The Hall–Kier alpha value is -4.80. The number of carbonyl (C=O) groups excluding carboxylic acids is 5. The number of para-hydroxylation sites is 1. The van der Waals surface area contributed by atoms with Crippen LogP contribution in [0, 0.1) is 17.0 Å². The number of nitro benzene ring substituents is 1. The van der Waals surface area contributed by atoms with Crippen molar-refractivity contribution in [1.29, 1.82) is 0 Å². The number of esters is 4. The molecule has 3 heterocycles. The Morgan fingerprint density at radius 3 is 1.86 bits per heavy atom. The minimum atomic E-state index is -1.70. The number of nitro groups is 1.